The topological polar surface area (TPSA) is 13.1 Å². The molecule has 0 aliphatic carbocycles. The Morgan fingerprint density at radius 3 is 2.60 bits per heavy atom. The zero-order valence-electron chi connectivity index (χ0n) is 12.8. The van der Waals surface area contributed by atoms with Crippen molar-refractivity contribution in [3.63, 3.8) is 0 Å². The van der Waals surface area contributed by atoms with Crippen LogP contribution in [0, 0.1) is 0 Å². The molecule has 1 nitrogen and oxygen atoms in total. The number of furan rings is 1. The molecule has 1 aromatic heterocycles. The first-order chi connectivity index (χ1) is 9.50. The van der Waals surface area contributed by atoms with Gasteiger partial charge in [0.1, 0.15) is 11.3 Å². The highest BCUT2D eigenvalue weighted by Crippen LogP contribution is 2.27. The maximum Gasteiger partial charge on any atom is 0.135 e. The molecule has 3 rings (SSSR count). The van der Waals surface area contributed by atoms with Gasteiger partial charge in [-0.2, -0.15) is 0 Å². The molecular weight excluding hydrogens is 184 g/mol. The number of hydrogen-bond acceptors (Lipinski definition) is 1. The summed E-state index contributed by atoms with van der Waals surface area (Å²) >= 11 is 0. The van der Waals surface area contributed by atoms with E-state index < -0.39 is 6.04 Å². The smallest absolute Gasteiger partial charge is 0.135 e. The van der Waals surface area contributed by atoms with Crippen molar-refractivity contribution < 1.29 is 11.3 Å². The second-order valence-electron chi connectivity index (χ2n) is 3.15. The quantitative estimate of drug-likeness (QED) is 0.575. The zero-order chi connectivity index (χ0) is 14.4. The Labute approximate surface area is 95.0 Å². The molecule has 1 heterocycles. The van der Waals surface area contributed by atoms with Gasteiger partial charge in [-0.3, -0.25) is 0 Å². The molecule has 0 amide bonds. The van der Waals surface area contributed by atoms with Crippen LogP contribution in [0.2, 0.25) is 0 Å². The van der Waals surface area contributed by atoms with Crippen LogP contribution in [0.25, 0.3) is 22.3 Å². The monoisotopic (exact) mass is 199 g/mol. The lowest BCUT2D eigenvalue weighted by Crippen LogP contribution is -1.69. The van der Waals surface area contributed by atoms with Crippen LogP contribution in [-0.2, 0) is 0 Å². The van der Waals surface area contributed by atoms with Gasteiger partial charge in [0.05, 0.1) is 6.85 Å². The molecule has 1 heteroatoms. The summed E-state index contributed by atoms with van der Waals surface area (Å²) in [5, 5.41) is 0.828. The largest absolute Gasteiger partial charge is 0.456 e. The van der Waals surface area contributed by atoms with E-state index in [1.165, 1.54) is 0 Å². The van der Waals surface area contributed by atoms with Gasteiger partial charge in [-0.1, -0.05) is 48.4 Å². The first-order valence-electron chi connectivity index (χ1n) is 7.06. The van der Waals surface area contributed by atoms with E-state index in [1.807, 2.05) is 18.2 Å². The fraction of sp³-hybridized carbons (Fsp3) is 0. The van der Waals surface area contributed by atoms with Gasteiger partial charge in [0.25, 0.3) is 0 Å². The molecular formula is C14H10O. The lowest BCUT2D eigenvalue weighted by Gasteiger charge is -1.93. The summed E-state index contributed by atoms with van der Waals surface area (Å²) in [6, 6.07) is 7.34. The second-order valence-corrected chi connectivity index (χ2v) is 3.15. The molecule has 0 bridgehead atoms. The summed E-state index contributed by atoms with van der Waals surface area (Å²) in [5.74, 6) is 0.281. The maximum atomic E-state index is 7.91. The van der Waals surface area contributed by atoms with Gasteiger partial charge in [-0.15, -0.1) is 0 Å². The van der Waals surface area contributed by atoms with Crippen LogP contribution in [0.1, 0.15) is 6.85 Å². The Morgan fingerprint density at radius 2 is 1.80 bits per heavy atom. The average molecular weight is 199 g/mol. The highest BCUT2D eigenvalue weighted by Gasteiger charge is 2.03. The molecule has 0 saturated carbocycles. The molecule has 72 valence electrons. The van der Waals surface area contributed by atoms with E-state index in [1.54, 1.807) is 12.1 Å². The van der Waals surface area contributed by atoms with Crippen LogP contribution in [-0.4, -0.2) is 0 Å². The van der Waals surface area contributed by atoms with E-state index in [9.17, 15) is 0 Å². The van der Waals surface area contributed by atoms with Crippen LogP contribution in [0.5, 0.6) is 0 Å². The van der Waals surface area contributed by atoms with Crippen LogP contribution in [0.15, 0.2) is 65.0 Å². The van der Waals surface area contributed by atoms with Crippen LogP contribution in [0.3, 0.4) is 0 Å². The Bertz CT molecular complexity index is 760. The van der Waals surface area contributed by atoms with Crippen molar-refractivity contribution in [3.8, 4) is 11.3 Å². The highest BCUT2D eigenvalue weighted by atomic mass is 16.3. The number of rotatable bonds is 1. The summed E-state index contributed by atoms with van der Waals surface area (Å²) in [7, 11) is 0. The van der Waals surface area contributed by atoms with Crippen molar-refractivity contribution in [2.75, 3.05) is 0 Å². The minimum Gasteiger partial charge on any atom is -0.456 e. The van der Waals surface area contributed by atoms with Gasteiger partial charge < -0.3 is 4.42 Å². The van der Waals surface area contributed by atoms with Crippen molar-refractivity contribution >= 4 is 11.0 Å². The van der Waals surface area contributed by atoms with E-state index in [0.717, 1.165) is 5.39 Å². The predicted octanol–water partition coefficient (Wildman–Crippen LogP) is 4.10. The molecule has 2 aromatic carbocycles. The van der Waals surface area contributed by atoms with E-state index in [4.69, 9.17) is 11.3 Å². The normalized spacial score (nSPS) is 15.3. The lowest BCUT2D eigenvalue weighted by molar-refractivity contribution is 0.631. The van der Waals surface area contributed by atoms with Crippen molar-refractivity contribution in [1.82, 2.24) is 0 Å². The standard InChI is InChI=1S/C14H10O/c1-2-6-11(7-3-1)14-10-12-8-4-5-9-13(12)15-14/h1-10H/i1D,2D,3D,6D,7D. The third-order valence-corrected chi connectivity index (χ3v) is 2.17. The number of benzene rings is 2. The molecule has 0 atom stereocenters. The van der Waals surface area contributed by atoms with Gasteiger partial charge in [0.2, 0.25) is 0 Å². The molecule has 0 N–H and O–H groups in total. The van der Waals surface area contributed by atoms with Gasteiger partial charge in [-0.05, 0) is 12.1 Å². The zero-order valence-corrected chi connectivity index (χ0v) is 7.79. The SMILES string of the molecule is [2H]c1c([2H])c([2H])c(-c2cc3ccccc3o2)c([2H])c1[2H]. The summed E-state index contributed by atoms with van der Waals surface area (Å²) in [5.41, 5.74) is 0.710. The van der Waals surface area contributed by atoms with Crippen molar-refractivity contribution in [1.29, 1.82) is 0 Å². The Balaban J connectivity index is 2.34. The summed E-state index contributed by atoms with van der Waals surface area (Å²) < 4.78 is 44.3. The molecule has 0 saturated heterocycles. The second kappa shape index (κ2) is 3.28. The van der Waals surface area contributed by atoms with Gasteiger partial charge in [-0.25, -0.2) is 0 Å². The average Bonchev–Trinajstić information content (AvgIpc) is 2.86. The fourth-order valence-electron chi connectivity index (χ4n) is 1.48. The summed E-state index contributed by atoms with van der Waals surface area (Å²) in [4.78, 5) is 0. The third-order valence-electron chi connectivity index (χ3n) is 2.17. The van der Waals surface area contributed by atoms with Crippen molar-refractivity contribution in [2.45, 2.75) is 0 Å². The van der Waals surface area contributed by atoms with Gasteiger partial charge >= 0.3 is 0 Å². The summed E-state index contributed by atoms with van der Waals surface area (Å²) in [6.45, 7) is 0. The molecule has 0 spiro atoms. The van der Waals surface area contributed by atoms with Gasteiger partial charge in [0, 0.05) is 10.9 Å². The fourth-order valence-corrected chi connectivity index (χ4v) is 1.48. The number of para-hydroxylation sites is 1. The Morgan fingerprint density at radius 1 is 1.00 bits per heavy atom. The van der Waals surface area contributed by atoms with Gasteiger partial charge in [0.15, 0.2) is 0 Å². The van der Waals surface area contributed by atoms with Crippen LogP contribution in [0.4, 0.5) is 0 Å². The maximum absolute atomic E-state index is 7.91. The van der Waals surface area contributed by atoms with Crippen molar-refractivity contribution in [2.24, 2.45) is 0 Å². The van der Waals surface area contributed by atoms with Crippen LogP contribution >= 0.6 is 0 Å². The first kappa shape index (κ1) is 4.67. The molecule has 0 radical (unpaired) electrons. The molecule has 15 heavy (non-hydrogen) atoms. The van der Waals surface area contributed by atoms with Crippen LogP contribution < -0.4 is 0 Å². The van der Waals surface area contributed by atoms with E-state index in [2.05, 4.69) is 0 Å². The Kier molecular flexibility index (Phi) is 1.02. The third kappa shape index (κ3) is 1.42. The van der Waals surface area contributed by atoms with E-state index >= 15 is 0 Å². The molecule has 0 aliphatic rings. The van der Waals surface area contributed by atoms with E-state index in [-0.39, 0.29) is 35.5 Å². The molecule has 3 aromatic rings. The molecule has 0 aliphatic heterocycles. The minimum atomic E-state index is -0.403. The highest BCUT2D eigenvalue weighted by molar-refractivity contribution is 5.82. The number of hydrogen-bond donors (Lipinski definition) is 0. The minimum absolute atomic E-state index is 0.0900. The predicted molar refractivity (Wildman–Crippen MR) is 61.7 cm³/mol. The molecule has 0 unspecified atom stereocenters. The first-order valence-corrected chi connectivity index (χ1v) is 4.56. The number of fused-ring (bicyclic) bond motifs is 1. The summed E-state index contributed by atoms with van der Waals surface area (Å²) in [6.07, 6.45) is 0. The Hall–Kier alpha value is -2.02. The van der Waals surface area contributed by atoms with Crippen molar-refractivity contribution in [3.05, 3.63) is 60.5 Å². The molecule has 0 fully saturated rings. The lowest BCUT2D eigenvalue weighted by atomic mass is 10.1. The van der Waals surface area contributed by atoms with E-state index in [0.29, 0.717) is 5.58 Å².